The van der Waals surface area contributed by atoms with Gasteiger partial charge in [0.25, 0.3) is 0 Å². The first-order valence-corrected chi connectivity index (χ1v) is 6.67. The van der Waals surface area contributed by atoms with Gasteiger partial charge >= 0.3 is 0 Å². The van der Waals surface area contributed by atoms with Crippen LogP contribution in [-0.2, 0) is 14.6 Å². The first-order chi connectivity index (χ1) is 6.99. The van der Waals surface area contributed by atoms with Gasteiger partial charge in [-0.2, -0.15) is 0 Å². The van der Waals surface area contributed by atoms with Gasteiger partial charge in [0, 0.05) is 6.08 Å². The zero-order chi connectivity index (χ0) is 12.9. The molecule has 1 heterocycles. The molecular formula is C11H18O4S. The number of hydrogen-bond donors (Lipinski definition) is 1. The monoisotopic (exact) mass is 246 g/mol. The third-order valence-electron chi connectivity index (χ3n) is 3.71. The van der Waals surface area contributed by atoms with E-state index in [9.17, 15) is 18.3 Å². The summed E-state index contributed by atoms with van der Waals surface area (Å²) >= 11 is 0. The summed E-state index contributed by atoms with van der Waals surface area (Å²) < 4.78 is 21.9. The molecule has 0 aliphatic carbocycles. The minimum atomic E-state index is -3.77. The molecule has 1 aliphatic rings. The number of allylic oxidation sites excluding steroid dienone is 1. The van der Waals surface area contributed by atoms with Crippen molar-refractivity contribution in [3.63, 3.8) is 0 Å². The standard InChI is InChI=1S/C11H18O4S/c1-7(2)11(5)9(13)6-8(12)10(3,4)16(11,14)15/h6-7,12H,1-5H3. The molecule has 1 rings (SSSR count). The maximum absolute atomic E-state index is 12.4. The molecule has 0 fully saturated rings. The largest absolute Gasteiger partial charge is 0.511 e. The lowest BCUT2D eigenvalue weighted by atomic mass is 9.90. The summed E-state index contributed by atoms with van der Waals surface area (Å²) in [7, 11) is -3.77. The van der Waals surface area contributed by atoms with E-state index < -0.39 is 25.1 Å². The number of aliphatic hydroxyl groups excluding tert-OH is 1. The predicted molar refractivity (Wildman–Crippen MR) is 62.0 cm³/mol. The summed E-state index contributed by atoms with van der Waals surface area (Å²) in [6.45, 7) is 7.66. The molecule has 1 atom stereocenters. The Morgan fingerprint density at radius 1 is 1.25 bits per heavy atom. The van der Waals surface area contributed by atoms with Crippen molar-refractivity contribution in [2.75, 3.05) is 0 Å². The van der Waals surface area contributed by atoms with E-state index in [2.05, 4.69) is 0 Å². The highest BCUT2D eigenvalue weighted by Gasteiger charge is 2.59. The molecule has 16 heavy (non-hydrogen) atoms. The topological polar surface area (TPSA) is 71.4 Å². The van der Waals surface area contributed by atoms with Gasteiger partial charge in [-0.05, 0) is 26.7 Å². The van der Waals surface area contributed by atoms with E-state index in [-0.39, 0.29) is 11.7 Å². The predicted octanol–water partition coefficient (Wildman–Crippen LogP) is 1.62. The van der Waals surface area contributed by atoms with Crippen molar-refractivity contribution in [3.8, 4) is 0 Å². The minimum Gasteiger partial charge on any atom is -0.511 e. The normalized spacial score (nSPS) is 32.6. The number of ketones is 1. The molecule has 0 saturated heterocycles. The summed E-state index contributed by atoms with van der Waals surface area (Å²) in [6, 6.07) is 0. The Labute approximate surface area is 96.3 Å². The van der Waals surface area contributed by atoms with Gasteiger partial charge in [0.05, 0.1) is 0 Å². The van der Waals surface area contributed by atoms with Gasteiger partial charge in [0.15, 0.2) is 15.6 Å². The molecule has 0 aromatic carbocycles. The van der Waals surface area contributed by atoms with Crippen LogP contribution in [0.25, 0.3) is 0 Å². The van der Waals surface area contributed by atoms with Gasteiger partial charge in [0.2, 0.25) is 0 Å². The SMILES string of the molecule is CC(C)C1(C)C(=O)C=C(O)C(C)(C)S1(=O)=O. The fraction of sp³-hybridized carbons (Fsp3) is 0.727. The summed E-state index contributed by atoms with van der Waals surface area (Å²) in [5, 5.41) is 9.62. The van der Waals surface area contributed by atoms with Crippen LogP contribution in [0.5, 0.6) is 0 Å². The number of carbonyl (C=O) groups is 1. The van der Waals surface area contributed by atoms with Crippen LogP contribution in [0.3, 0.4) is 0 Å². The highest BCUT2D eigenvalue weighted by molar-refractivity contribution is 7.95. The smallest absolute Gasteiger partial charge is 0.180 e. The Bertz CT molecular complexity index is 456. The van der Waals surface area contributed by atoms with Crippen LogP contribution < -0.4 is 0 Å². The Morgan fingerprint density at radius 2 is 1.69 bits per heavy atom. The lowest BCUT2D eigenvalue weighted by molar-refractivity contribution is -0.118. The fourth-order valence-electron chi connectivity index (χ4n) is 1.84. The van der Waals surface area contributed by atoms with Crippen LogP contribution in [0.15, 0.2) is 11.8 Å². The van der Waals surface area contributed by atoms with Gasteiger partial charge in [-0.1, -0.05) is 13.8 Å². The lowest BCUT2D eigenvalue weighted by Gasteiger charge is -2.41. The first kappa shape index (κ1) is 13.2. The highest BCUT2D eigenvalue weighted by Crippen LogP contribution is 2.42. The summed E-state index contributed by atoms with van der Waals surface area (Å²) in [5.74, 6) is -1.26. The van der Waals surface area contributed by atoms with Crippen molar-refractivity contribution in [2.45, 2.75) is 44.1 Å². The number of carbonyl (C=O) groups excluding carboxylic acids is 1. The Kier molecular flexibility index (Phi) is 2.75. The molecular weight excluding hydrogens is 228 g/mol. The maximum Gasteiger partial charge on any atom is 0.180 e. The van der Waals surface area contributed by atoms with Crippen LogP contribution in [0, 0.1) is 5.92 Å². The van der Waals surface area contributed by atoms with Crippen LogP contribution in [0.4, 0.5) is 0 Å². The van der Waals surface area contributed by atoms with Crippen LogP contribution in [0.1, 0.15) is 34.6 Å². The summed E-state index contributed by atoms with van der Waals surface area (Å²) in [4.78, 5) is 11.9. The second-order valence-corrected chi connectivity index (χ2v) is 8.04. The second kappa shape index (κ2) is 3.32. The molecule has 0 radical (unpaired) electrons. The number of sulfone groups is 1. The van der Waals surface area contributed by atoms with Crippen molar-refractivity contribution in [1.82, 2.24) is 0 Å². The van der Waals surface area contributed by atoms with Crippen molar-refractivity contribution in [3.05, 3.63) is 11.8 Å². The van der Waals surface area contributed by atoms with Gasteiger partial charge in [-0.25, -0.2) is 8.42 Å². The molecule has 0 aromatic rings. The molecule has 1 unspecified atom stereocenters. The van der Waals surface area contributed by atoms with Gasteiger partial charge in [0.1, 0.15) is 15.3 Å². The third-order valence-corrected chi connectivity index (χ3v) is 7.05. The molecule has 0 aromatic heterocycles. The maximum atomic E-state index is 12.4. The molecule has 0 spiro atoms. The van der Waals surface area contributed by atoms with Gasteiger partial charge in [-0.3, -0.25) is 4.79 Å². The van der Waals surface area contributed by atoms with Gasteiger partial charge < -0.3 is 5.11 Å². The zero-order valence-electron chi connectivity index (χ0n) is 10.2. The summed E-state index contributed by atoms with van der Waals surface area (Å²) in [5.41, 5.74) is 0. The third kappa shape index (κ3) is 1.27. The van der Waals surface area contributed by atoms with E-state index in [1.54, 1.807) is 13.8 Å². The highest BCUT2D eigenvalue weighted by atomic mass is 32.2. The van der Waals surface area contributed by atoms with Crippen LogP contribution in [0.2, 0.25) is 0 Å². The molecule has 0 saturated carbocycles. The van der Waals surface area contributed by atoms with Crippen LogP contribution >= 0.6 is 0 Å². The number of aliphatic hydroxyl groups is 1. The molecule has 5 heteroatoms. The minimum absolute atomic E-state index is 0.339. The first-order valence-electron chi connectivity index (χ1n) is 5.19. The molecule has 4 nitrogen and oxygen atoms in total. The molecule has 0 amide bonds. The van der Waals surface area contributed by atoms with Crippen molar-refractivity contribution < 1.29 is 18.3 Å². The average molecular weight is 246 g/mol. The lowest BCUT2D eigenvalue weighted by Crippen LogP contribution is -2.58. The Hall–Kier alpha value is -0.840. The van der Waals surface area contributed by atoms with Crippen molar-refractivity contribution >= 4 is 15.6 Å². The van der Waals surface area contributed by atoms with Gasteiger partial charge in [-0.15, -0.1) is 0 Å². The Balaban J connectivity index is 3.65. The molecule has 1 N–H and O–H groups in total. The average Bonchev–Trinajstić information content (AvgIpc) is 2.13. The quantitative estimate of drug-likeness (QED) is 0.763. The van der Waals surface area contributed by atoms with E-state index in [0.717, 1.165) is 6.08 Å². The van der Waals surface area contributed by atoms with E-state index in [1.165, 1.54) is 20.8 Å². The van der Waals surface area contributed by atoms with E-state index in [1.807, 2.05) is 0 Å². The second-order valence-electron chi connectivity index (χ2n) is 5.17. The van der Waals surface area contributed by atoms with E-state index >= 15 is 0 Å². The van der Waals surface area contributed by atoms with E-state index in [4.69, 9.17) is 0 Å². The zero-order valence-corrected chi connectivity index (χ0v) is 11.1. The summed E-state index contributed by atoms with van der Waals surface area (Å²) in [6.07, 6.45) is 1.04. The molecule has 0 bridgehead atoms. The number of hydrogen-bond acceptors (Lipinski definition) is 4. The van der Waals surface area contributed by atoms with Crippen LogP contribution in [-0.4, -0.2) is 28.8 Å². The fourth-order valence-corrected chi connectivity index (χ4v) is 4.17. The van der Waals surface area contributed by atoms with E-state index in [0.29, 0.717) is 0 Å². The van der Waals surface area contributed by atoms with Crippen molar-refractivity contribution in [1.29, 1.82) is 0 Å². The molecule has 92 valence electrons. The Morgan fingerprint density at radius 3 is 2.06 bits per heavy atom. The van der Waals surface area contributed by atoms with Crippen molar-refractivity contribution in [2.24, 2.45) is 5.92 Å². The molecule has 1 aliphatic heterocycles. The number of rotatable bonds is 1.